The molecule has 1 unspecified atom stereocenters. The van der Waals surface area contributed by atoms with Crippen LogP contribution in [-0.4, -0.2) is 52.7 Å². The summed E-state index contributed by atoms with van der Waals surface area (Å²) in [6.07, 6.45) is 3.81. The number of hydrogen-bond donors (Lipinski definition) is 3. The first-order valence-electron chi connectivity index (χ1n) is 8.59. The lowest BCUT2D eigenvalue weighted by molar-refractivity contribution is 0.0951. The lowest BCUT2D eigenvalue weighted by Gasteiger charge is -2.28. The maximum Gasteiger partial charge on any atom is 0.251 e. The minimum atomic E-state index is -3.70. The van der Waals surface area contributed by atoms with E-state index >= 15 is 0 Å². The van der Waals surface area contributed by atoms with Crippen molar-refractivity contribution in [3.05, 3.63) is 29.8 Å². The van der Waals surface area contributed by atoms with Gasteiger partial charge in [0.2, 0.25) is 10.0 Å². The summed E-state index contributed by atoms with van der Waals surface area (Å²) >= 11 is 0. The summed E-state index contributed by atoms with van der Waals surface area (Å²) in [6.45, 7) is 1.54. The van der Waals surface area contributed by atoms with E-state index in [4.69, 9.17) is 4.74 Å². The van der Waals surface area contributed by atoms with Crippen LogP contribution >= 0.6 is 12.4 Å². The van der Waals surface area contributed by atoms with E-state index in [2.05, 4.69) is 15.4 Å². The van der Waals surface area contributed by atoms with Crippen molar-refractivity contribution >= 4 is 28.3 Å². The molecule has 146 valence electrons. The second-order valence-corrected chi connectivity index (χ2v) is 8.61. The monoisotopic (exact) mass is 403 g/mol. The number of rotatable bonds is 8. The van der Waals surface area contributed by atoms with E-state index in [0.717, 1.165) is 32.2 Å². The van der Waals surface area contributed by atoms with Crippen LogP contribution < -0.4 is 15.4 Å². The highest BCUT2D eigenvalue weighted by Gasteiger charge is 2.35. The average Bonchev–Trinajstić information content (AvgIpc) is 3.29. The fourth-order valence-electron chi connectivity index (χ4n) is 3.09. The summed E-state index contributed by atoms with van der Waals surface area (Å²) in [7, 11) is -2.09. The van der Waals surface area contributed by atoms with Gasteiger partial charge < -0.3 is 15.4 Å². The van der Waals surface area contributed by atoms with Crippen molar-refractivity contribution in [1.29, 1.82) is 0 Å². The zero-order valence-electron chi connectivity index (χ0n) is 14.8. The first kappa shape index (κ1) is 21.1. The molecule has 26 heavy (non-hydrogen) atoms. The highest BCUT2D eigenvalue weighted by Crippen LogP contribution is 2.21. The molecule has 2 fully saturated rings. The summed E-state index contributed by atoms with van der Waals surface area (Å²) in [5.41, 5.74) is -0.0108. The van der Waals surface area contributed by atoms with Crippen LogP contribution in [0.3, 0.4) is 0 Å². The minimum Gasteiger partial charge on any atom is -0.383 e. The maximum absolute atomic E-state index is 12.6. The number of benzene rings is 1. The Morgan fingerprint density at radius 2 is 2.15 bits per heavy atom. The molecule has 0 bridgehead atoms. The number of halogens is 1. The van der Waals surface area contributed by atoms with Gasteiger partial charge in [0.1, 0.15) is 0 Å². The zero-order chi connectivity index (χ0) is 17.9. The molecule has 3 rings (SSSR count). The molecule has 1 saturated carbocycles. The van der Waals surface area contributed by atoms with Crippen LogP contribution in [0.4, 0.5) is 0 Å². The number of hydrogen-bond acceptors (Lipinski definition) is 5. The predicted octanol–water partition coefficient (Wildman–Crippen LogP) is 1.05. The summed E-state index contributed by atoms with van der Waals surface area (Å²) in [4.78, 5) is 12.2. The van der Waals surface area contributed by atoms with Gasteiger partial charge in [-0.15, -0.1) is 12.4 Å². The molecule has 1 amide bonds. The Bertz CT molecular complexity index is 731. The van der Waals surface area contributed by atoms with Gasteiger partial charge in [0, 0.05) is 25.3 Å². The molecule has 2 aliphatic rings. The fourth-order valence-corrected chi connectivity index (χ4v) is 4.26. The van der Waals surface area contributed by atoms with E-state index in [1.54, 1.807) is 19.2 Å². The lowest BCUT2D eigenvalue weighted by atomic mass is 9.99. The lowest BCUT2D eigenvalue weighted by Crippen LogP contribution is -2.52. The number of carbonyl (C=O) groups is 1. The van der Waals surface area contributed by atoms with Crippen LogP contribution in [0.25, 0.3) is 0 Å². The van der Waals surface area contributed by atoms with E-state index < -0.39 is 10.0 Å². The molecule has 0 radical (unpaired) electrons. The molecule has 1 atom stereocenters. The molecule has 9 heteroatoms. The van der Waals surface area contributed by atoms with Crippen molar-refractivity contribution in [3.63, 3.8) is 0 Å². The van der Waals surface area contributed by atoms with Crippen LogP contribution in [0.5, 0.6) is 0 Å². The average molecular weight is 404 g/mol. The van der Waals surface area contributed by atoms with Crippen molar-refractivity contribution in [3.8, 4) is 0 Å². The van der Waals surface area contributed by atoms with Crippen molar-refractivity contribution in [2.75, 3.05) is 26.8 Å². The van der Waals surface area contributed by atoms with Crippen LogP contribution in [0, 0.1) is 0 Å². The van der Waals surface area contributed by atoms with Crippen LogP contribution in [0.1, 0.15) is 36.0 Å². The first-order valence-corrected chi connectivity index (χ1v) is 10.1. The van der Waals surface area contributed by atoms with Crippen molar-refractivity contribution in [2.45, 2.75) is 42.2 Å². The van der Waals surface area contributed by atoms with Crippen molar-refractivity contribution in [1.82, 2.24) is 15.4 Å². The molecular formula is C17H26ClN3O4S. The van der Waals surface area contributed by atoms with Gasteiger partial charge in [-0.2, -0.15) is 0 Å². The highest BCUT2D eigenvalue weighted by molar-refractivity contribution is 7.89. The molecule has 7 nitrogen and oxygen atoms in total. The van der Waals surface area contributed by atoms with Gasteiger partial charge >= 0.3 is 0 Å². The molecule has 1 aliphatic carbocycles. The molecule has 1 aliphatic heterocycles. The third-order valence-corrected chi connectivity index (χ3v) is 6.07. The van der Waals surface area contributed by atoms with E-state index in [9.17, 15) is 13.2 Å². The molecule has 0 spiro atoms. The summed E-state index contributed by atoms with van der Waals surface area (Å²) < 4.78 is 33.2. The Balaban J connectivity index is 0.00000243. The summed E-state index contributed by atoms with van der Waals surface area (Å²) in [6, 6.07) is 6.37. The second kappa shape index (κ2) is 8.67. The molecule has 0 aromatic heterocycles. The van der Waals surface area contributed by atoms with Gasteiger partial charge in [0.25, 0.3) is 5.91 Å². The molecule has 3 N–H and O–H groups in total. The summed E-state index contributed by atoms with van der Waals surface area (Å²) in [5.74, 6) is -0.229. The highest BCUT2D eigenvalue weighted by atomic mass is 35.5. The van der Waals surface area contributed by atoms with Crippen LogP contribution in [0.2, 0.25) is 0 Å². The normalized spacial score (nSPS) is 22.7. The topological polar surface area (TPSA) is 96.5 Å². The Labute approximate surface area is 160 Å². The van der Waals surface area contributed by atoms with E-state index in [1.165, 1.54) is 12.1 Å². The third kappa shape index (κ3) is 5.17. The smallest absolute Gasteiger partial charge is 0.251 e. The fraction of sp³-hybridized carbons (Fsp3) is 0.588. The Hall–Kier alpha value is -1.19. The molecule has 1 aromatic carbocycles. The molecule has 1 saturated heterocycles. The number of sulfonamides is 1. The number of carbonyl (C=O) groups excluding carboxylic acids is 1. The van der Waals surface area contributed by atoms with Gasteiger partial charge in [-0.1, -0.05) is 6.07 Å². The summed E-state index contributed by atoms with van der Waals surface area (Å²) in [5, 5.41) is 6.20. The Morgan fingerprint density at radius 1 is 1.38 bits per heavy atom. The molecule has 1 aromatic rings. The van der Waals surface area contributed by atoms with Crippen LogP contribution in [-0.2, 0) is 14.8 Å². The molecule has 1 heterocycles. The predicted molar refractivity (Wildman–Crippen MR) is 101 cm³/mol. The zero-order valence-corrected chi connectivity index (χ0v) is 16.4. The standard InChI is InChI=1S/C17H25N3O4S.ClH/c1-24-12-17(8-3-9-18-17)11-19-25(22,23)15-5-2-4-13(10-15)16(21)20-14-6-7-14;/h2,4-5,10,14,18-19H,3,6-9,11-12H2,1H3,(H,20,21);1H. The number of methoxy groups -OCH3 is 1. The van der Waals surface area contributed by atoms with Gasteiger partial charge in [-0.25, -0.2) is 13.1 Å². The largest absolute Gasteiger partial charge is 0.383 e. The first-order chi connectivity index (χ1) is 11.9. The van der Waals surface area contributed by atoms with E-state index in [0.29, 0.717) is 12.2 Å². The molecular weight excluding hydrogens is 378 g/mol. The van der Waals surface area contributed by atoms with Gasteiger partial charge in [0.15, 0.2) is 0 Å². The maximum atomic E-state index is 12.6. The van der Waals surface area contributed by atoms with E-state index in [-0.39, 0.29) is 41.3 Å². The van der Waals surface area contributed by atoms with E-state index in [1.807, 2.05) is 0 Å². The SMILES string of the molecule is COCC1(CNS(=O)(=O)c2cccc(C(=O)NC3CC3)c2)CCCN1.Cl. The quantitative estimate of drug-likeness (QED) is 0.602. The Kier molecular flexibility index (Phi) is 7.04. The van der Waals surface area contributed by atoms with Crippen molar-refractivity contribution < 1.29 is 17.9 Å². The number of amides is 1. The second-order valence-electron chi connectivity index (χ2n) is 6.84. The van der Waals surface area contributed by atoms with Gasteiger partial charge in [-0.3, -0.25) is 4.79 Å². The minimum absolute atomic E-state index is 0. The number of ether oxygens (including phenoxy) is 1. The third-order valence-electron chi connectivity index (χ3n) is 4.67. The van der Waals surface area contributed by atoms with Gasteiger partial charge in [0.05, 0.1) is 17.0 Å². The van der Waals surface area contributed by atoms with Gasteiger partial charge in [-0.05, 0) is 50.4 Å². The number of nitrogens with one attached hydrogen (secondary N) is 3. The van der Waals surface area contributed by atoms with Crippen molar-refractivity contribution in [2.24, 2.45) is 0 Å². The van der Waals surface area contributed by atoms with Crippen LogP contribution in [0.15, 0.2) is 29.2 Å². The Morgan fingerprint density at radius 3 is 2.77 bits per heavy atom.